The van der Waals surface area contributed by atoms with E-state index in [1.54, 1.807) is 0 Å². The first kappa shape index (κ1) is 10.8. The number of ether oxygens (including phenoxy) is 1. The molecule has 0 aromatic heterocycles. The van der Waals surface area contributed by atoms with Gasteiger partial charge in [0.15, 0.2) is 0 Å². The lowest BCUT2D eigenvalue weighted by atomic mass is 10.1. The molecule has 2 nitrogen and oxygen atoms in total. The van der Waals surface area contributed by atoms with Gasteiger partial charge in [-0.1, -0.05) is 11.6 Å². The maximum Gasteiger partial charge on any atom is 0.0642 e. The Kier molecular flexibility index (Phi) is 3.17. The van der Waals surface area contributed by atoms with Crippen LogP contribution in [0, 0.1) is 13.8 Å². The molecule has 0 amide bonds. The third-order valence-electron chi connectivity index (χ3n) is 2.81. The highest BCUT2D eigenvalue weighted by atomic mass is 35.5. The summed E-state index contributed by atoms with van der Waals surface area (Å²) in [6.07, 6.45) is 0. The molecule has 1 saturated heterocycles. The van der Waals surface area contributed by atoms with Crippen LogP contribution in [0.4, 0.5) is 5.69 Å². The van der Waals surface area contributed by atoms with Crippen molar-refractivity contribution in [2.45, 2.75) is 13.8 Å². The fraction of sp³-hybridized carbons (Fsp3) is 0.500. The minimum atomic E-state index is 0.811. The Bertz CT molecular complexity index is 359. The molecule has 0 saturated carbocycles. The molecule has 1 aromatic rings. The summed E-state index contributed by atoms with van der Waals surface area (Å²) < 4.78 is 5.35. The summed E-state index contributed by atoms with van der Waals surface area (Å²) in [4.78, 5) is 2.34. The largest absolute Gasteiger partial charge is 0.378 e. The number of hydrogen-bond donors (Lipinski definition) is 0. The van der Waals surface area contributed by atoms with E-state index in [2.05, 4.69) is 24.8 Å². The third kappa shape index (κ3) is 2.27. The molecular weight excluding hydrogens is 210 g/mol. The van der Waals surface area contributed by atoms with Crippen LogP contribution in [-0.2, 0) is 4.74 Å². The van der Waals surface area contributed by atoms with E-state index in [0.717, 1.165) is 31.3 Å². The summed E-state index contributed by atoms with van der Waals surface area (Å²) in [7, 11) is 0. The monoisotopic (exact) mass is 225 g/mol. The Morgan fingerprint density at radius 2 is 1.87 bits per heavy atom. The number of morpholine rings is 1. The first-order valence-electron chi connectivity index (χ1n) is 5.28. The lowest BCUT2D eigenvalue weighted by Gasteiger charge is -2.30. The molecule has 1 fully saturated rings. The molecule has 15 heavy (non-hydrogen) atoms. The van der Waals surface area contributed by atoms with Crippen molar-refractivity contribution >= 4 is 17.3 Å². The highest BCUT2D eigenvalue weighted by Crippen LogP contribution is 2.28. The molecule has 1 aromatic carbocycles. The van der Waals surface area contributed by atoms with E-state index in [1.807, 2.05) is 6.07 Å². The maximum atomic E-state index is 6.18. The first-order valence-corrected chi connectivity index (χ1v) is 5.66. The van der Waals surface area contributed by atoms with Crippen molar-refractivity contribution in [2.24, 2.45) is 0 Å². The van der Waals surface area contributed by atoms with E-state index < -0.39 is 0 Å². The summed E-state index contributed by atoms with van der Waals surface area (Å²) in [5.41, 5.74) is 3.64. The quantitative estimate of drug-likeness (QED) is 0.729. The summed E-state index contributed by atoms with van der Waals surface area (Å²) in [6, 6.07) is 4.22. The molecular formula is C12H16ClNO. The van der Waals surface area contributed by atoms with Gasteiger partial charge in [0, 0.05) is 23.8 Å². The zero-order chi connectivity index (χ0) is 10.8. The predicted molar refractivity (Wildman–Crippen MR) is 64.0 cm³/mol. The van der Waals surface area contributed by atoms with E-state index in [9.17, 15) is 0 Å². The molecule has 82 valence electrons. The Balaban J connectivity index is 2.33. The average Bonchev–Trinajstić information content (AvgIpc) is 2.24. The van der Waals surface area contributed by atoms with Gasteiger partial charge >= 0.3 is 0 Å². The highest BCUT2D eigenvalue weighted by molar-refractivity contribution is 6.31. The van der Waals surface area contributed by atoms with Crippen molar-refractivity contribution in [3.8, 4) is 0 Å². The van der Waals surface area contributed by atoms with Crippen LogP contribution in [0.25, 0.3) is 0 Å². The van der Waals surface area contributed by atoms with E-state index in [1.165, 1.54) is 16.8 Å². The van der Waals surface area contributed by atoms with Gasteiger partial charge in [-0.2, -0.15) is 0 Å². The highest BCUT2D eigenvalue weighted by Gasteiger charge is 2.14. The van der Waals surface area contributed by atoms with Crippen molar-refractivity contribution in [1.82, 2.24) is 0 Å². The van der Waals surface area contributed by atoms with Gasteiger partial charge in [-0.25, -0.2) is 0 Å². The average molecular weight is 226 g/mol. The van der Waals surface area contributed by atoms with Crippen LogP contribution < -0.4 is 4.90 Å². The smallest absolute Gasteiger partial charge is 0.0642 e. The van der Waals surface area contributed by atoms with Crippen molar-refractivity contribution in [2.75, 3.05) is 31.2 Å². The van der Waals surface area contributed by atoms with Crippen LogP contribution >= 0.6 is 11.6 Å². The zero-order valence-corrected chi connectivity index (χ0v) is 9.97. The Morgan fingerprint density at radius 1 is 1.20 bits per heavy atom. The van der Waals surface area contributed by atoms with E-state index in [0.29, 0.717) is 0 Å². The van der Waals surface area contributed by atoms with Crippen LogP contribution in [0.15, 0.2) is 12.1 Å². The van der Waals surface area contributed by atoms with Crippen LogP contribution in [0.3, 0.4) is 0 Å². The van der Waals surface area contributed by atoms with Gasteiger partial charge in [0.25, 0.3) is 0 Å². The molecule has 0 radical (unpaired) electrons. The summed E-state index contributed by atoms with van der Waals surface area (Å²) in [5.74, 6) is 0. The number of halogens is 1. The van der Waals surface area contributed by atoms with Crippen molar-refractivity contribution in [1.29, 1.82) is 0 Å². The second-order valence-electron chi connectivity index (χ2n) is 3.99. The number of rotatable bonds is 1. The maximum absolute atomic E-state index is 6.18. The van der Waals surface area contributed by atoms with Crippen molar-refractivity contribution < 1.29 is 4.74 Å². The molecule has 0 spiro atoms. The van der Waals surface area contributed by atoms with Gasteiger partial charge in [-0.15, -0.1) is 0 Å². The Hall–Kier alpha value is -0.730. The number of hydrogen-bond acceptors (Lipinski definition) is 2. The predicted octanol–water partition coefficient (Wildman–Crippen LogP) is 2.79. The fourth-order valence-electron chi connectivity index (χ4n) is 1.93. The fourth-order valence-corrected chi connectivity index (χ4v) is 2.20. The molecule has 0 atom stereocenters. The molecule has 3 heteroatoms. The summed E-state index contributed by atoms with van der Waals surface area (Å²) in [6.45, 7) is 7.69. The molecule has 0 N–H and O–H groups in total. The topological polar surface area (TPSA) is 12.5 Å². The van der Waals surface area contributed by atoms with Crippen LogP contribution in [0.2, 0.25) is 5.02 Å². The van der Waals surface area contributed by atoms with Crippen molar-refractivity contribution in [3.63, 3.8) is 0 Å². The molecule has 2 rings (SSSR count). The van der Waals surface area contributed by atoms with Gasteiger partial charge in [0.1, 0.15) is 0 Å². The lowest BCUT2D eigenvalue weighted by molar-refractivity contribution is 0.122. The van der Waals surface area contributed by atoms with Crippen LogP contribution in [0.1, 0.15) is 11.1 Å². The van der Waals surface area contributed by atoms with Gasteiger partial charge < -0.3 is 9.64 Å². The number of aryl methyl sites for hydroxylation is 1. The van der Waals surface area contributed by atoms with E-state index >= 15 is 0 Å². The molecule has 0 unspecified atom stereocenters. The van der Waals surface area contributed by atoms with Gasteiger partial charge in [-0.3, -0.25) is 0 Å². The number of anilines is 1. The van der Waals surface area contributed by atoms with Crippen LogP contribution in [-0.4, -0.2) is 26.3 Å². The zero-order valence-electron chi connectivity index (χ0n) is 9.22. The molecule has 0 bridgehead atoms. The Labute approximate surface area is 95.8 Å². The summed E-state index contributed by atoms with van der Waals surface area (Å²) >= 11 is 6.18. The minimum absolute atomic E-state index is 0.811. The SMILES string of the molecule is Cc1cc(Cl)c(C)c(N2CCOCC2)c1. The molecule has 1 heterocycles. The lowest BCUT2D eigenvalue weighted by Crippen LogP contribution is -2.36. The molecule has 1 aliphatic heterocycles. The van der Waals surface area contributed by atoms with Gasteiger partial charge in [-0.05, 0) is 37.1 Å². The van der Waals surface area contributed by atoms with Gasteiger partial charge in [0.2, 0.25) is 0 Å². The molecule has 1 aliphatic rings. The minimum Gasteiger partial charge on any atom is -0.378 e. The first-order chi connectivity index (χ1) is 7.18. The standard InChI is InChI=1S/C12H16ClNO/c1-9-7-11(13)10(2)12(8-9)14-3-5-15-6-4-14/h7-8H,3-6H2,1-2H3. The summed E-state index contributed by atoms with van der Waals surface area (Å²) in [5, 5.41) is 0.858. The number of benzene rings is 1. The van der Waals surface area contributed by atoms with Gasteiger partial charge in [0.05, 0.1) is 13.2 Å². The van der Waals surface area contributed by atoms with Crippen LogP contribution in [0.5, 0.6) is 0 Å². The Morgan fingerprint density at radius 3 is 2.53 bits per heavy atom. The second kappa shape index (κ2) is 4.42. The van der Waals surface area contributed by atoms with Crippen molar-refractivity contribution in [3.05, 3.63) is 28.3 Å². The van der Waals surface area contributed by atoms with E-state index in [4.69, 9.17) is 16.3 Å². The second-order valence-corrected chi connectivity index (χ2v) is 4.40. The van der Waals surface area contributed by atoms with E-state index in [-0.39, 0.29) is 0 Å². The number of nitrogens with zero attached hydrogens (tertiary/aromatic N) is 1. The molecule has 0 aliphatic carbocycles. The normalized spacial score (nSPS) is 16.9. The third-order valence-corrected chi connectivity index (χ3v) is 3.21.